The van der Waals surface area contributed by atoms with Gasteiger partial charge in [-0.1, -0.05) is 0 Å². The summed E-state index contributed by atoms with van der Waals surface area (Å²) in [5, 5.41) is 4.28. The quantitative estimate of drug-likeness (QED) is 0.940. The van der Waals surface area contributed by atoms with Crippen molar-refractivity contribution >= 4 is 5.69 Å². The van der Waals surface area contributed by atoms with Crippen LogP contribution in [0, 0.1) is 0 Å². The van der Waals surface area contributed by atoms with E-state index in [1.54, 1.807) is 0 Å². The lowest BCUT2D eigenvalue weighted by Crippen LogP contribution is -2.49. The Balaban J connectivity index is 1.34. The molecule has 0 radical (unpaired) electrons. The van der Waals surface area contributed by atoms with Crippen molar-refractivity contribution in [1.29, 1.82) is 0 Å². The Bertz CT molecular complexity index is 620. The lowest BCUT2D eigenvalue weighted by molar-refractivity contribution is 0.132. The van der Waals surface area contributed by atoms with Crippen LogP contribution in [-0.4, -0.2) is 52.9 Å². The second kappa shape index (κ2) is 6.95. The highest BCUT2D eigenvalue weighted by atomic mass is 15.3. The monoisotopic (exact) mass is 325 g/mol. The van der Waals surface area contributed by atoms with E-state index in [-0.39, 0.29) is 0 Å². The van der Waals surface area contributed by atoms with Crippen LogP contribution in [0.15, 0.2) is 42.7 Å². The van der Waals surface area contributed by atoms with Gasteiger partial charge in [-0.25, -0.2) is 4.68 Å². The summed E-state index contributed by atoms with van der Waals surface area (Å²) in [4.78, 5) is 5.18. The average Bonchev–Trinajstić information content (AvgIpc) is 3.17. The van der Waals surface area contributed by atoms with Crippen molar-refractivity contribution in [1.82, 2.24) is 14.7 Å². The summed E-state index contributed by atoms with van der Waals surface area (Å²) in [5.74, 6) is 0. The minimum absolute atomic E-state index is 0.426. The molecular weight excluding hydrogens is 298 g/mol. The summed E-state index contributed by atoms with van der Waals surface area (Å²) in [5.41, 5.74) is 8.47. The van der Waals surface area contributed by atoms with Crippen molar-refractivity contribution in [3.05, 3.63) is 42.7 Å². The maximum absolute atomic E-state index is 6.03. The normalized spacial score (nSPS) is 21.3. The zero-order chi connectivity index (χ0) is 16.4. The fourth-order valence-corrected chi connectivity index (χ4v) is 4.01. The second-order valence-electron chi connectivity index (χ2n) is 7.06. The molecule has 24 heavy (non-hydrogen) atoms. The molecule has 0 bridgehead atoms. The third-order valence-electron chi connectivity index (χ3n) is 5.54. The number of nitrogens with zero attached hydrogens (tertiary/aromatic N) is 4. The highest BCUT2D eigenvalue weighted by Gasteiger charge is 2.27. The topological polar surface area (TPSA) is 50.3 Å². The van der Waals surface area contributed by atoms with Gasteiger partial charge in [0.25, 0.3) is 0 Å². The minimum Gasteiger partial charge on any atom is -0.371 e. The SMILES string of the molecule is NC1CCN(C2CCN(c3ccc(-n4cccn4)cc3)CC2)CC1. The van der Waals surface area contributed by atoms with Crippen molar-refractivity contribution < 1.29 is 0 Å². The van der Waals surface area contributed by atoms with Crippen LogP contribution < -0.4 is 10.6 Å². The molecular formula is C19H27N5. The molecule has 0 atom stereocenters. The van der Waals surface area contributed by atoms with Gasteiger partial charge in [0, 0.05) is 43.3 Å². The first-order valence-electron chi connectivity index (χ1n) is 9.14. The smallest absolute Gasteiger partial charge is 0.0647 e. The molecule has 2 aromatic rings. The Morgan fingerprint density at radius 1 is 0.875 bits per heavy atom. The summed E-state index contributed by atoms with van der Waals surface area (Å²) < 4.78 is 1.90. The third kappa shape index (κ3) is 3.32. The van der Waals surface area contributed by atoms with Crippen LogP contribution in [0.25, 0.3) is 5.69 Å². The van der Waals surface area contributed by atoms with Gasteiger partial charge in [-0.05, 0) is 69.1 Å². The number of likely N-dealkylation sites (tertiary alicyclic amines) is 1. The van der Waals surface area contributed by atoms with Crippen molar-refractivity contribution in [2.45, 2.75) is 37.8 Å². The molecule has 128 valence electrons. The van der Waals surface area contributed by atoms with E-state index < -0.39 is 0 Å². The molecule has 5 heteroatoms. The zero-order valence-electron chi connectivity index (χ0n) is 14.2. The first-order valence-corrected chi connectivity index (χ1v) is 9.14. The van der Waals surface area contributed by atoms with Crippen LogP contribution in [0.2, 0.25) is 0 Å². The maximum atomic E-state index is 6.03. The van der Waals surface area contributed by atoms with Gasteiger partial charge in [0.15, 0.2) is 0 Å². The lowest BCUT2D eigenvalue weighted by atomic mass is 9.98. The predicted octanol–water partition coefficient (Wildman–Crippen LogP) is 2.26. The molecule has 2 N–H and O–H groups in total. The highest BCUT2D eigenvalue weighted by Crippen LogP contribution is 2.25. The Morgan fingerprint density at radius 2 is 1.54 bits per heavy atom. The molecule has 1 aromatic heterocycles. The largest absolute Gasteiger partial charge is 0.371 e. The average molecular weight is 325 g/mol. The van der Waals surface area contributed by atoms with Crippen LogP contribution in [-0.2, 0) is 0 Å². The van der Waals surface area contributed by atoms with Gasteiger partial charge in [-0.15, -0.1) is 0 Å². The van der Waals surface area contributed by atoms with Crippen LogP contribution >= 0.6 is 0 Å². The van der Waals surface area contributed by atoms with E-state index in [9.17, 15) is 0 Å². The molecule has 3 heterocycles. The van der Waals surface area contributed by atoms with E-state index in [2.05, 4.69) is 39.2 Å². The minimum atomic E-state index is 0.426. The summed E-state index contributed by atoms with van der Waals surface area (Å²) in [6, 6.07) is 11.9. The molecule has 2 aliphatic rings. The Morgan fingerprint density at radius 3 is 2.17 bits per heavy atom. The number of hydrogen-bond donors (Lipinski definition) is 1. The van der Waals surface area contributed by atoms with Gasteiger partial charge in [0.2, 0.25) is 0 Å². The van der Waals surface area contributed by atoms with E-state index in [0.717, 1.165) is 37.7 Å². The zero-order valence-corrected chi connectivity index (χ0v) is 14.2. The molecule has 5 nitrogen and oxygen atoms in total. The summed E-state index contributed by atoms with van der Waals surface area (Å²) in [6.45, 7) is 4.66. The Kier molecular flexibility index (Phi) is 4.54. The van der Waals surface area contributed by atoms with E-state index in [1.165, 1.54) is 31.6 Å². The van der Waals surface area contributed by atoms with E-state index >= 15 is 0 Å². The molecule has 4 rings (SSSR count). The van der Waals surface area contributed by atoms with Crippen LogP contribution in [0.3, 0.4) is 0 Å². The van der Waals surface area contributed by atoms with Crippen molar-refractivity contribution in [3.63, 3.8) is 0 Å². The molecule has 0 amide bonds. The first kappa shape index (κ1) is 15.7. The Labute approximate surface area is 144 Å². The van der Waals surface area contributed by atoms with Gasteiger partial charge < -0.3 is 15.5 Å². The molecule has 1 aromatic carbocycles. The van der Waals surface area contributed by atoms with Gasteiger partial charge in [-0.2, -0.15) is 5.10 Å². The second-order valence-corrected chi connectivity index (χ2v) is 7.06. The number of piperidine rings is 2. The van der Waals surface area contributed by atoms with E-state index in [0.29, 0.717) is 6.04 Å². The fourth-order valence-electron chi connectivity index (χ4n) is 4.01. The predicted molar refractivity (Wildman–Crippen MR) is 97.6 cm³/mol. The third-order valence-corrected chi connectivity index (χ3v) is 5.54. The van der Waals surface area contributed by atoms with Crippen LogP contribution in [0.5, 0.6) is 0 Å². The van der Waals surface area contributed by atoms with E-state index in [1.807, 2.05) is 23.1 Å². The van der Waals surface area contributed by atoms with Gasteiger partial charge in [0.1, 0.15) is 0 Å². The van der Waals surface area contributed by atoms with Gasteiger partial charge >= 0.3 is 0 Å². The highest BCUT2D eigenvalue weighted by molar-refractivity contribution is 5.51. The molecule has 2 fully saturated rings. The van der Waals surface area contributed by atoms with E-state index in [4.69, 9.17) is 5.73 Å². The van der Waals surface area contributed by atoms with Crippen molar-refractivity contribution in [2.75, 3.05) is 31.1 Å². The molecule has 0 saturated carbocycles. The maximum Gasteiger partial charge on any atom is 0.0647 e. The lowest BCUT2D eigenvalue weighted by Gasteiger charge is -2.42. The van der Waals surface area contributed by atoms with Crippen LogP contribution in [0.1, 0.15) is 25.7 Å². The van der Waals surface area contributed by atoms with Crippen LogP contribution in [0.4, 0.5) is 5.69 Å². The number of aromatic nitrogens is 2. The molecule has 0 spiro atoms. The number of hydrogen-bond acceptors (Lipinski definition) is 4. The van der Waals surface area contributed by atoms with Crippen molar-refractivity contribution in [2.24, 2.45) is 5.73 Å². The number of benzene rings is 1. The molecule has 0 unspecified atom stereocenters. The summed E-state index contributed by atoms with van der Waals surface area (Å²) >= 11 is 0. The summed E-state index contributed by atoms with van der Waals surface area (Å²) in [6.07, 6.45) is 8.63. The number of anilines is 1. The molecule has 0 aliphatic carbocycles. The standard InChI is InChI=1S/C19H27N5/c20-16-6-12-22(13-7-16)18-8-14-23(15-9-18)17-2-4-19(5-3-17)24-11-1-10-21-24/h1-5,10-11,16,18H,6-9,12-15,20H2. The van der Waals surface area contributed by atoms with Gasteiger partial charge in [-0.3, -0.25) is 0 Å². The first-order chi connectivity index (χ1) is 11.8. The van der Waals surface area contributed by atoms with Gasteiger partial charge in [0.05, 0.1) is 5.69 Å². The Hall–Kier alpha value is -1.85. The fraction of sp³-hybridized carbons (Fsp3) is 0.526. The summed E-state index contributed by atoms with van der Waals surface area (Å²) in [7, 11) is 0. The number of rotatable bonds is 3. The number of nitrogens with two attached hydrogens (primary N) is 1. The molecule has 2 aliphatic heterocycles. The molecule has 2 saturated heterocycles. The van der Waals surface area contributed by atoms with Crippen molar-refractivity contribution in [3.8, 4) is 5.69 Å².